The lowest BCUT2D eigenvalue weighted by atomic mass is 10.1. The molecule has 3 rings (SSSR count). The van der Waals surface area contributed by atoms with Gasteiger partial charge in [0.25, 0.3) is 0 Å². The van der Waals surface area contributed by atoms with Crippen molar-refractivity contribution in [2.45, 2.75) is 25.1 Å². The molecule has 0 radical (unpaired) electrons. The summed E-state index contributed by atoms with van der Waals surface area (Å²) >= 11 is 0. The first-order valence-corrected chi connectivity index (χ1v) is 9.89. The van der Waals surface area contributed by atoms with Crippen molar-refractivity contribution >= 4 is 35.8 Å². The second-order valence-corrected chi connectivity index (χ2v) is 6.93. The number of nitrogens with zero attached hydrogens (tertiary/aromatic N) is 3. The third-order valence-corrected chi connectivity index (χ3v) is 4.88. The van der Waals surface area contributed by atoms with Crippen molar-refractivity contribution in [1.29, 1.82) is 0 Å². The largest absolute Gasteiger partial charge is 0.491 e. The summed E-state index contributed by atoms with van der Waals surface area (Å²) < 4.78 is 44.3. The van der Waals surface area contributed by atoms with Crippen LogP contribution in [0.1, 0.15) is 18.4 Å². The Kier molecular flexibility index (Phi) is 9.66. The molecular weight excluding hydrogens is 522 g/mol. The van der Waals surface area contributed by atoms with Crippen LogP contribution in [0.5, 0.6) is 5.75 Å². The van der Waals surface area contributed by atoms with Crippen LogP contribution in [0.25, 0.3) is 0 Å². The summed E-state index contributed by atoms with van der Waals surface area (Å²) in [5.41, 5.74) is -0.771. The van der Waals surface area contributed by atoms with Crippen molar-refractivity contribution in [3.8, 4) is 5.75 Å². The van der Waals surface area contributed by atoms with Gasteiger partial charge in [-0.05, 0) is 37.1 Å². The van der Waals surface area contributed by atoms with Gasteiger partial charge in [0, 0.05) is 32.4 Å². The summed E-state index contributed by atoms with van der Waals surface area (Å²) in [5, 5.41) is 6.46. The van der Waals surface area contributed by atoms with E-state index >= 15 is 0 Å². The number of hydrogen-bond acceptors (Lipinski definition) is 4. The van der Waals surface area contributed by atoms with Crippen molar-refractivity contribution in [2.75, 3.05) is 38.2 Å². The lowest BCUT2D eigenvalue weighted by molar-refractivity contribution is -0.138. The second-order valence-electron chi connectivity index (χ2n) is 6.93. The van der Waals surface area contributed by atoms with Crippen LogP contribution >= 0.6 is 24.0 Å². The molecular formula is C21H27F3IN5O. The molecule has 1 aliphatic rings. The number of piperidine rings is 1. The van der Waals surface area contributed by atoms with Crippen LogP contribution in [-0.2, 0) is 6.18 Å². The van der Waals surface area contributed by atoms with Gasteiger partial charge in [0.2, 0.25) is 0 Å². The zero-order valence-electron chi connectivity index (χ0n) is 17.2. The monoisotopic (exact) mass is 549 g/mol. The molecule has 1 aromatic heterocycles. The molecule has 0 bridgehead atoms. The third-order valence-electron chi connectivity index (χ3n) is 4.88. The Morgan fingerprint density at radius 3 is 2.52 bits per heavy atom. The number of hydrogen-bond donors (Lipinski definition) is 2. The van der Waals surface area contributed by atoms with Crippen molar-refractivity contribution < 1.29 is 17.9 Å². The van der Waals surface area contributed by atoms with Crippen molar-refractivity contribution in [2.24, 2.45) is 4.99 Å². The van der Waals surface area contributed by atoms with Crippen molar-refractivity contribution in [3.63, 3.8) is 0 Å². The molecule has 6 nitrogen and oxygen atoms in total. The second kappa shape index (κ2) is 12.0. The lowest BCUT2D eigenvalue weighted by Gasteiger charge is -2.33. The summed E-state index contributed by atoms with van der Waals surface area (Å²) in [4.78, 5) is 10.8. The van der Waals surface area contributed by atoms with Crippen LogP contribution < -0.4 is 20.3 Å². The molecule has 2 heterocycles. The molecule has 1 saturated heterocycles. The highest BCUT2D eigenvalue weighted by Crippen LogP contribution is 2.35. The predicted molar refractivity (Wildman–Crippen MR) is 126 cm³/mol. The quantitative estimate of drug-likeness (QED) is 0.248. The molecule has 0 atom stereocenters. The van der Waals surface area contributed by atoms with Gasteiger partial charge in [0.05, 0.1) is 12.1 Å². The normalized spacial score (nSPS) is 15.2. The summed E-state index contributed by atoms with van der Waals surface area (Å²) in [5.74, 6) is 1.42. The average molecular weight is 549 g/mol. The summed E-state index contributed by atoms with van der Waals surface area (Å²) in [6, 6.07) is 11.4. The molecule has 10 heteroatoms. The van der Waals surface area contributed by atoms with Crippen LogP contribution in [0.4, 0.5) is 19.0 Å². The zero-order chi connectivity index (χ0) is 21.4. The highest BCUT2D eigenvalue weighted by molar-refractivity contribution is 14.0. The number of aromatic nitrogens is 1. The number of benzene rings is 1. The zero-order valence-corrected chi connectivity index (χ0v) is 19.6. The van der Waals surface area contributed by atoms with E-state index in [9.17, 15) is 13.2 Å². The van der Waals surface area contributed by atoms with E-state index < -0.39 is 11.7 Å². The first-order valence-electron chi connectivity index (χ1n) is 9.89. The number of ether oxygens (including phenoxy) is 1. The number of rotatable bonds is 6. The van der Waals surface area contributed by atoms with E-state index in [1.165, 1.54) is 18.2 Å². The molecule has 0 aliphatic carbocycles. The summed E-state index contributed by atoms with van der Waals surface area (Å²) in [6.45, 7) is 2.20. The van der Waals surface area contributed by atoms with E-state index in [0.717, 1.165) is 37.8 Å². The van der Waals surface area contributed by atoms with E-state index in [1.807, 2.05) is 18.2 Å². The van der Waals surface area contributed by atoms with E-state index in [2.05, 4.69) is 25.5 Å². The van der Waals surface area contributed by atoms with Crippen molar-refractivity contribution in [3.05, 3.63) is 54.2 Å². The molecule has 0 spiro atoms. The van der Waals surface area contributed by atoms with Gasteiger partial charge in [-0.1, -0.05) is 18.2 Å². The first kappa shape index (κ1) is 25.0. The molecule has 2 N–H and O–H groups in total. The first-order chi connectivity index (χ1) is 14.5. The maximum atomic E-state index is 13.0. The highest BCUT2D eigenvalue weighted by Gasteiger charge is 2.33. The topological polar surface area (TPSA) is 61.8 Å². The molecule has 0 amide bonds. The van der Waals surface area contributed by atoms with Crippen LogP contribution in [0.15, 0.2) is 53.7 Å². The van der Waals surface area contributed by atoms with Gasteiger partial charge in [-0.2, -0.15) is 13.2 Å². The molecule has 1 aliphatic heterocycles. The Hall–Kier alpha value is -2.24. The number of anilines is 1. The maximum Gasteiger partial charge on any atom is 0.419 e. The van der Waals surface area contributed by atoms with E-state index in [1.54, 1.807) is 13.2 Å². The third kappa shape index (κ3) is 7.44. The smallest absolute Gasteiger partial charge is 0.419 e. The van der Waals surface area contributed by atoms with Gasteiger partial charge in [0.15, 0.2) is 5.96 Å². The number of alkyl halides is 3. The van der Waals surface area contributed by atoms with Gasteiger partial charge in [0.1, 0.15) is 18.2 Å². The Balaban J connectivity index is 0.00000341. The molecule has 1 fully saturated rings. The van der Waals surface area contributed by atoms with Gasteiger partial charge < -0.3 is 20.3 Å². The van der Waals surface area contributed by atoms with E-state index in [0.29, 0.717) is 12.5 Å². The van der Waals surface area contributed by atoms with Gasteiger partial charge in [-0.3, -0.25) is 4.99 Å². The number of nitrogens with one attached hydrogen (secondary N) is 2. The number of aliphatic imine (C=N–C) groups is 1. The summed E-state index contributed by atoms with van der Waals surface area (Å²) in [6.07, 6.45) is -0.772. The molecule has 1 aromatic carbocycles. The van der Waals surface area contributed by atoms with E-state index in [-0.39, 0.29) is 42.4 Å². The Bertz CT molecular complexity index is 827. The van der Waals surface area contributed by atoms with Crippen LogP contribution in [0, 0.1) is 0 Å². The maximum absolute atomic E-state index is 13.0. The Labute approximate surface area is 197 Å². The highest BCUT2D eigenvalue weighted by atomic mass is 127. The van der Waals surface area contributed by atoms with Crippen molar-refractivity contribution in [1.82, 2.24) is 15.6 Å². The number of guanidine groups is 1. The molecule has 0 unspecified atom stereocenters. The Morgan fingerprint density at radius 1 is 1.16 bits per heavy atom. The summed E-state index contributed by atoms with van der Waals surface area (Å²) in [7, 11) is 1.66. The lowest BCUT2D eigenvalue weighted by Crippen LogP contribution is -2.49. The minimum atomic E-state index is -4.44. The van der Waals surface area contributed by atoms with Gasteiger partial charge in [-0.15, -0.1) is 24.0 Å². The standard InChI is InChI=1S/C21H26F3N5O.HI/c1-25-20(27-12-15-30-18-7-3-2-6-17(18)21(22,23)24)28-16-9-13-29(14-10-16)19-8-4-5-11-26-19;/h2-8,11,16H,9-10,12-15H2,1H3,(H2,25,27,28);1H. The fourth-order valence-corrected chi connectivity index (χ4v) is 3.34. The van der Waals surface area contributed by atoms with Crippen LogP contribution in [0.2, 0.25) is 0 Å². The number of pyridine rings is 1. The predicted octanol–water partition coefficient (Wildman–Crippen LogP) is 3.93. The van der Waals surface area contributed by atoms with Gasteiger partial charge >= 0.3 is 6.18 Å². The molecule has 2 aromatic rings. The van der Waals surface area contributed by atoms with Crippen LogP contribution in [-0.4, -0.2) is 50.3 Å². The minimum Gasteiger partial charge on any atom is -0.491 e. The SMILES string of the molecule is CN=C(NCCOc1ccccc1C(F)(F)F)NC1CCN(c2ccccn2)CC1.I. The van der Waals surface area contributed by atoms with Gasteiger partial charge in [-0.25, -0.2) is 4.98 Å². The fraction of sp³-hybridized carbons (Fsp3) is 0.429. The number of halogens is 4. The average Bonchev–Trinajstić information content (AvgIpc) is 2.76. The Morgan fingerprint density at radius 2 is 1.87 bits per heavy atom. The molecule has 170 valence electrons. The molecule has 31 heavy (non-hydrogen) atoms. The minimum absolute atomic E-state index is 0. The van der Waals surface area contributed by atoms with Crippen LogP contribution in [0.3, 0.4) is 0 Å². The number of para-hydroxylation sites is 1. The molecule has 0 saturated carbocycles. The van der Waals surface area contributed by atoms with E-state index in [4.69, 9.17) is 4.74 Å². The fourth-order valence-electron chi connectivity index (χ4n) is 3.34.